The molecule has 0 aromatic heterocycles. The molecule has 0 aliphatic rings. The van der Waals surface area contributed by atoms with Crippen LogP contribution in [0.4, 0.5) is 0 Å². The number of hydrogen-bond donors (Lipinski definition) is 0. The van der Waals surface area contributed by atoms with Gasteiger partial charge in [-0.2, -0.15) is 0 Å². The summed E-state index contributed by atoms with van der Waals surface area (Å²) in [7, 11) is 1.77. The first-order valence-electron chi connectivity index (χ1n) is 4.27. The SMILES string of the molecule is C=CCN(C)C(=O)c1ccc(I)cc1. The predicted octanol–water partition coefficient (Wildman–Crippen LogP) is 2.55. The molecule has 14 heavy (non-hydrogen) atoms. The van der Waals surface area contributed by atoms with Crippen molar-refractivity contribution in [1.29, 1.82) is 0 Å². The molecule has 1 rings (SSSR count). The van der Waals surface area contributed by atoms with Crippen molar-refractivity contribution in [3.8, 4) is 0 Å². The van der Waals surface area contributed by atoms with Crippen LogP contribution in [0.25, 0.3) is 0 Å². The van der Waals surface area contributed by atoms with Crippen LogP contribution >= 0.6 is 22.6 Å². The van der Waals surface area contributed by atoms with Crippen LogP contribution in [0.2, 0.25) is 0 Å². The van der Waals surface area contributed by atoms with Gasteiger partial charge in [-0.1, -0.05) is 6.08 Å². The van der Waals surface area contributed by atoms with Crippen LogP contribution in [0.1, 0.15) is 10.4 Å². The minimum atomic E-state index is 0.0290. The molecule has 0 radical (unpaired) electrons. The Bertz CT molecular complexity index is 332. The number of carbonyl (C=O) groups is 1. The van der Waals surface area contributed by atoms with Crippen molar-refractivity contribution in [2.45, 2.75) is 0 Å². The Hall–Kier alpha value is -0.840. The Kier molecular flexibility index (Phi) is 4.13. The third kappa shape index (κ3) is 2.83. The number of nitrogens with zero attached hydrogens (tertiary/aromatic N) is 1. The molecular formula is C11H12INO. The lowest BCUT2D eigenvalue weighted by Gasteiger charge is -2.14. The number of rotatable bonds is 3. The first-order chi connectivity index (χ1) is 6.65. The smallest absolute Gasteiger partial charge is 0.253 e. The van der Waals surface area contributed by atoms with Crippen LogP contribution in [0.3, 0.4) is 0 Å². The third-order valence-corrected chi connectivity index (χ3v) is 2.56. The molecule has 0 bridgehead atoms. The molecule has 0 spiro atoms. The van der Waals surface area contributed by atoms with Gasteiger partial charge in [0.15, 0.2) is 0 Å². The van der Waals surface area contributed by atoms with E-state index < -0.39 is 0 Å². The molecule has 0 saturated heterocycles. The molecule has 1 aromatic carbocycles. The van der Waals surface area contributed by atoms with Gasteiger partial charge in [0.2, 0.25) is 0 Å². The summed E-state index contributed by atoms with van der Waals surface area (Å²) in [5, 5.41) is 0. The molecule has 0 aliphatic carbocycles. The van der Waals surface area contributed by atoms with E-state index in [2.05, 4.69) is 29.2 Å². The second-order valence-electron chi connectivity index (χ2n) is 2.98. The van der Waals surface area contributed by atoms with Crippen molar-refractivity contribution in [3.63, 3.8) is 0 Å². The summed E-state index contributed by atoms with van der Waals surface area (Å²) in [5.41, 5.74) is 0.717. The molecule has 0 N–H and O–H groups in total. The van der Waals surface area contributed by atoms with E-state index in [9.17, 15) is 4.79 Å². The van der Waals surface area contributed by atoms with Crippen LogP contribution in [-0.4, -0.2) is 24.4 Å². The van der Waals surface area contributed by atoms with Crippen molar-refractivity contribution < 1.29 is 4.79 Å². The highest BCUT2D eigenvalue weighted by atomic mass is 127. The molecule has 0 saturated carbocycles. The minimum absolute atomic E-state index is 0.0290. The zero-order chi connectivity index (χ0) is 10.6. The van der Waals surface area contributed by atoms with Gasteiger partial charge in [-0.25, -0.2) is 0 Å². The van der Waals surface area contributed by atoms with E-state index in [0.717, 1.165) is 9.13 Å². The Morgan fingerprint density at radius 1 is 1.50 bits per heavy atom. The number of benzene rings is 1. The molecule has 0 fully saturated rings. The average Bonchev–Trinajstić information content (AvgIpc) is 2.18. The van der Waals surface area contributed by atoms with Gasteiger partial charge >= 0.3 is 0 Å². The van der Waals surface area contributed by atoms with Crippen LogP contribution < -0.4 is 0 Å². The summed E-state index contributed by atoms with van der Waals surface area (Å²) in [6, 6.07) is 7.53. The maximum atomic E-state index is 11.7. The topological polar surface area (TPSA) is 20.3 Å². The maximum Gasteiger partial charge on any atom is 0.253 e. The molecular weight excluding hydrogens is 289 g/mol. The first kappa shape index (κ1) is 11.2. The number of hydrogen-bond acceptors (Lipinski definition) is 1. The van der Waals surface area contributed by atoms with Gasteiger partial charge in [-0.05, 0) is 46.9 Å². The van der Waals surface area contributed by atoms with Gasteiger partial charge in [-0.3, -0.25) is 4.79 Å². The lowest BCUT2D eigenvalue weighted by molar-refractivity contribution is 0.0810. The normalized spacial score (nSPS) is 9.57. The predicted molar refractivity (Wildman–Crippen MR) is 66.3 cm³/mol. The van der Waals surface area contributed by atoms with Gasteiger partial charge in [0.25, 0.3) is 5.91 Å². The van der Waals surface area contributed by atoms with Crippen LogP contribution in [0.15, 0.2) is 36.9 Å². The Morgan fingerprint density at radius 3 is 2.57 bits per heavy atom. The first-order valence-corrected chi connectivity index (χ1v) is 5.35. The summed E-state index contributed by atoms with van der Waals surface area (Å²) in [6.07, 6.45) is 1.71. The Morgan fingerprint density at radius 2 is 2.07 bits per heavy atom. The van der Waals surface area contributed by atoms with Crippen molar-refractivity contribution >= 4 is 28.5 Å². The fraction of sp³-hybridized carbons (Fsp3) is 0.182. The van der Waals surface area contributed by atoms with Gasteiger partial charge in [0.1, 0.15) is 0 Å². The lowest BCUT2D eigenvalue weighted by Crippen LogP contribution is -2.26. The number of carbonyl (C=O) groups excluding carboxylic acids is 1. The molecule has 1 amide bonds. The van der Waals surface area contributed by atoms with Crippen molar-refractivity contribution in [1.82, 2.24) is 4.90 Å². The highest BCUT2D eigenvalue weighted by Gasteiger charge is 2.08. The molecule has 74 valence electrons. The second kappa shape index (κ2) is 5.14. The van der Waals surface area contributed by atoms with Crippen LogP contribution in [0, 0.1) is 3.57 Å². The Balaban J connectivity index is 2.78. The van der Waals surface area contributed by atoms with Crippen LogP contribution in [-0.2, 0) is 0 Å². The van der Waals surface area contributed by atoms with E-state index in [1.54, 1.807) is 18.0 Å². The molecule has 1 aromatic rings. The lowest BCUT2D eigenvalue weighted by atomic mass is 10.2. The second-order valence-corrected chi connectivity index (χ2v) is 4.23. The molecule has 0 heterocycles. The number of amides is 1. The molecule has 2 nitrogen and oxygen atoms in total. The van der Waals surface area contributed by atoms with Gasteiger partial charge in [0, 0.05) is 22.7 Å². The van der Waals surface area contributed by atoms with Crippen molar-refractivity contribution in [2.75, 3.05) is 13.6 Å². The molecule has 3 heteroatoms. The third-order valence-electron chi connectivity index (χ3n) is 1.84. The van der Waals surface area contributed by atoms with Crippen molar-refractivity contribution in [3.05, 3.63) is 46.1 Å². The van der Waals surface area contributed by atoms with E-state index in [1.165, 1.54) is 0 Å². The fourth-order valence-electron chi connectivity index (χ4n) is 1.09. The highest BCUT2D eigenvalue weighted by molar-refractivity contribution is 14.1. The standard InChI is InChI=1S/C11H12INO/c1-3-8-13(2)11(14)9-4-6-10(12)7-5-9/h3-7H,1,8H2,2H3. The summed E-state index contributed by atoms with van der Waals surface area (Å²) < 4.78 is 1.13. The number of likely N-dealkylation sites (N-methyl/N-ethyl adjacent to an activating group) is 1. The quantitative estimate of drug-likeness (QED) is 0.620. The van der Waals surface area contributed by atoms with E-state index in [1.807, 2.05) is 24.3 Å². The molecule has 0 aliphatic heterocycles. The van der Waals surface area contributed by atoms with E-state index >= 15 is 0 Å². The molecule has 0 unspecified atom stereocenters. The number of halogens is 1. The van der Waals surface area contributed by atoms with Crippen LogP contribution in [0.5, 0.6) is 0 Å². The summed E-state index contributed by atoms with van der Waals surface area (Å²) >= 11 is 2.21. The maximum absolute atomic E-state index is 11.7. The minimum Gasteiger partial charge on any atom is -0.338 e. The highest BCUT2D eigenvalue weighted by Crippen LogP contribution is 2.08. The zero-order valence-corrected chi connectivity index (χ0v) is 10.2. The van der Waals surface area contributed by atoms with Gasteiger partial charge in [-0.15, -0.1) is 6.58 Å². The zero-order valence-electron chi connectivity index (χ0n) is 8.03. The van der Waals surface area contributed by atoms with E-state index in [4.69, 9.17) is 0 Å². The van der Waals surface area contributed by atoms with Crippen molar-refractivity contribution in [2.24, 2.45) is 0 Å². The fourth-order valence-corrected chi connectivity index (χ4v) is 1.45. The van der Waals surface area contributed by atoms with Gasteiger partial charge < -0.3 is 4.90 Å². The largest absolute Gasteiger partial charge is 0.338 e. The molecule has 0 atom stereocenters. The monoisotopic (exact) mass is 301 g/mol. The average molecular weight is 301 g/mol. The summed E-state index contributed by atoms with van der Waals surface area (Å²) in [6.45, 7) is 4.17. The van der Waals surface area contributed by atoms with Gasteiger partial charge in [0.05, 0.1) is 0 Å². The van der Waals surface area contributed by atoms with E-state index in [0.29, 0.717) is 6.54 Å². The summed E-state index contributed by atoms with van der Waals surface area (Å²) in [4.78, 5) is 13.4. The van der Waals surface area contributed by atoms with E-state index in [-0.39, 0.29) is 5.91 Å². The summed E-state index contributed by atoms with van der Waals surface area (Å²) in [5.74, 6) is 0.0290. The Labute approximate surface area is 97.7 Å².